The van der Waals surface area contributed by atoms with E-state index in [-0.39, 0.29) is 0 Å². The summed E-state index contributed by atoms with van der Waals surface area (Å²) >= 11 is 18.9. The molecule has 0 aliphatic heterocycles. The van der Waals surface area contributed by atoms with Crippen LogP contribution in [-0.4, -0.2) is 0 Å². The average Bonchev–Trinajstić information content (AvgIpc) is 2.88. The molecule has 1 unspecified atom stereocenters. The van der Waals surface area contributed by atoms with Gasteiger partial charge in [-0.25, -0.2) is 13.2 Å². The Morgan fingerprint density at radius 1 is 0.447 bits per heavy atom. The van der Waals surface area contributed by atoms with Crippen LogP contribution in [0.15, 0.2) is 115 Å². The average molecular weight is 587 g/mol. The maximum atomic E-state index is 14.8. The van der Waals surface area contributed by atoms with Gasteiger partial charge in [0.2, 0.25) is 0 Å². The lowest BCUT2D eigenvalue weighted by atomic mass is 10.0. The van der Waals surface area contributed by atoms with Crippen molar-refractivity contribution in [1.82, 2.24) is 0 Å². The molecule has 0 saturated carbocycles. The summed E-state index contributed by atoms with van der Waals surface area (Å²) < 4.78 is 44.3. The van der Waals surface area contributed by atoms with Crippen molar-refractivity contribution in [3.63, 3.8) is 0 Å². The highest BCUT2D eigenvalue weighted by Gasteiger charge is 2.54. The van der Waals surface area contributed by atoms with E-state index < -0.39 is 30.4 Å². The quantitative estimate of drug-likeness (QED) is 0.174. The lowest BCUT2D eigenvalue weighted by Gasteiger charge is -2.35. The maximum Gasteiger partial charge on any atom is 0.134 e. The molecule has 0 aliphatic carbocycles. The van der Waals surface area contributed by atoms with E-state index in [1.165, 1.54) is 24.3 Å². The van der Waals surface area contributed by atoms with Gasteiger partial charge < -0.3 is 0 Å². The molecule has 38 heavy (non-hydrogen) atoms. The molecule has 0 aromatic heterocycles. The number of rotatable bonds is 6. The molecule has 0 nitrogen and oxygen atoms in total. The molecular weight excluding hydrogens is 567 g/mol. The Morgan fingerprint density at radius 3 is 1.24 bits per heavy atom. The first-order valence-corrected chi connectivity index (χ1v) is 14.6. The summed E-state index contributed by atoms with van der Waals surface area (Å²) in [5.74, 6) is -1.89. The molecule has 0 fully saturated rings. The molecule has 5 aromatic rings. The summed E-state index contributed by atoms with van der Waals surface area (Å²) in [6, 6.07) is 31.8. The van der Waals surface area contributed by atoms with Crippen LogP contribution in [0, 0.1) is 17.5 Å². The van der Waals surface area contributed by atoms with Gasteiger partial charge in [-0.05, 0) is 97.1 Å². The second kappa shape index (κ2) is 11.1. The second-order valence-electron chi connectivity index (χ2n) is 8.81. The summed E-state index contributed by atoms with van der Waals surface area (Å²) in [7, 11) is -2.90. The zero-order valence-corrected chi connectivity index (χ0v) is 22.9. The van der Waals surface area contributed by atoms with Crippen LogP contribution in [0.25, 0.3) is 0 Å². The predicted molar refractivity (Wildman–Crippen MR) is 155 cm³/mol. The van der Waals surface area contributed by atoms with Crippen molar-refractivity contribution in [2.24, 2.45) is 0 Å². The number of halogens is 6. The first kappa shape index (κ1) is 26.8. The second-order valence-corrected chi connectivity index (χ2v) is 13.6. The van der Waals surface area contributed by atoms with E-state index >= 15 is 0 Å². The Balaban J connectivity index is 1.99. The van der Waals surface area contributed by atoms with Crippen LogP contribution in [0.1, 0.15) is 16.8 Å². The molecule has 0 bridgehead atoms. The molecule has 0 spiro atoms. The van der Waals surface area contributed by atoms with Crippen molar-refractivity contribution in [2.45, 2.75) is 5.66 Å². The molecule has 0 aliphatic rings. The minimum Gasteiger partial charge on any atom is -0.207 e. The van der Waals surface area contributed by atoms with Crippen molar-refractivity contribution in [1.29, 1.82) is 0 Å². The van der Waals surface area contributed by atoms with E-state index in [0.717, 1.165) is 22.0 Å². The van der Waals surface area contributed by atoms with Crippen molar-refractivity contribution in [3.8, 4) is 0 Å². The Bertz CT molecular complexity index is 1440. The van der Waals surface area contributed by atoms with E-state index in [9.17, 15) is 13.2 Å². The van der Waals surface area contributed by atoms with E-state index in [2.05, 4.69) is 0 Å². The predicted octanol–water partition coefficient (Wildman–Crippen LogP) is 9.15. The summed E-state index contributed by atoms with van der Waals surface area (Å²) in [6.07, 6.45) is 0. The number of hydrogen-bond donors (Lipinski definition) is 0. The summed E-state index contributed by atoms with van der Waals surface area (Å²) in [5.41, 5.74) is 0.274. The largest absolute Gasteiger partial charge is 0.207 e. The molecule has 0 radical (unpaired) electrons. The van der Waals surface area contributed by atoms with Crippen LogP contribution in [0.5, 0.6) is 0 Å². The van der Waals surface area contributed by atoms with Gasteiger partial charge in [0, 0.05) is 32.3 Å². The van der Waals surface area contributed by atoms with E-state index in [4.69, 9.17) is 34.8 Å². The van der Waals surface area contributed by atoms with Crippen LogP contribution in [0.3, 0.4) is 0 Å². The van der Waals surface area contributed by atoms with Gasteiger partial charge in [-0.15, -0.1) is 0 Å². The van der Waals surface area contributed by atoms with E-state index in [1.807, 2.05) is 36.4 Å². The Morgan fingerprint density at radius 2 is 0.842 bits per heavy atom. The SMILES string of the molecule is Fc1cccc(C(c2cc(F)cc(F)c2)[P+](c2ccc(Cl)cc2)(c2ccc(Cl)cc2)c2ccc(Cl)cc2)c1. The van der Waals surface area contributed by atoms with Crippen LogP contribution in [0.2, 0.25) is 15.1 Å². The molecule has 0 saturated heterocycles. The fourth-order valence-electron chi connectivity index (χ4n) is 4.97. The molecule has 0 amide bonds. The first-order valence-electron chi connectivity index (χ1n) is 11.7. The lowest BCUT2D eigenvalue weighted by molar-refractivity contribution is 0.580. The standard InChI is InChI=1S/C31H20Cl3F3P/c32-22-4-10-28(11-5-22)38(29-12-6-23(33)7-13-29,30-14-8-24(34)9-15-30)31(20-2-1-3-25(35)16-20)21-17-26(36)19-27(37)18-21/h1-19,31H/q+1. The Kier molecular flexibility index (Phi) is 7.84. The molecular formula is C31H20Cl3F3P+. The third-order valence-electron chi connectivity index (χ3n) is 6.45. The maximum absolute atomic E-state index is 14.8. The molecule has 5 aromatic carbocycles. The van der Waals surface area contributed by atoms with Gasteiger partial charge in [-0.3, -0.25) is 0 Å². The fourth-order valence-corrected chi connectivity index (χ4v) is 10.2. The van der Waals surface area contributed by atoms with E-state index in [0.29, 0.717) is 26.2 Å². The van der Waals surface area contributed by atoms with Crippen molar-refractivity contribution in [2.75, 3.05) is 0 Å². The third-order valence-corrected chi connectivity index (χ3v) is 11.9. The minimum absolute atomic E-state index is 0.376. The number of benzene rings is 5. The third kappa shape index (κ3) is 5.22. The molecule has 190 valence electrons. The van der Waals surface area contributed by atoms with Crippen LogP contribution in [-0.2, 0) is 0 Å². The highest BCUT2D eigenvalue weighted by Crippen LogP contribution is 2.69. The Hall–Kier alpha value is -2.81. The van der Waals surface area contributed by atoms with Crippen molar-refractivity contribution in [3.05, 3.63) is 159 Å². The lowest BCUT2D eigenvalue weighted by Crippen LogP contribution is -2.36. The molecule has 5 rings (SSSR count). The van der Waals surface area contributed by atoms with Crippen molar-refractivity contribution >= 4 is 58.0 Å². The van der Waals surface area contributed by atoms with Gasteiger partial charge >= 0.3 is 0 Å². The zero-order chi connectivity index (χ0) is 26.9. The van der Waals surface area contributed by atoms with Gasteiger partial charge in [0.25, 0.3) is 0 Å². The highest BCUT2D eigenvalue weighted by atomic mass is 35.5. The van der Waals surface area contributed by atoms with Crippen LogP contribution >= 0.6 is 42.1 Å². The highest BCUT2D eigenvalue weighted by molar-refractivity contribution is 7.96. The van der Waals surface area contributed by atoms with Gasteiger partial charge in [0.1, 0.15) is 46.3 Å². The Labute approximate surface area is 235 Å². The van der Waals surface area contributed by atoms with Gasteiger partial charge in [0.05, 0.1) is 0 Å². The summed E-state index contributed by atoms with van der Waals surface area (Å²) in [6.45, 7) is 0. The van der Waals surface area contributed by atoms with Crippen LogP contribution < -0.4 is 15.9 Å². The fraction of sp³-hybridized carbons (Fsp3) is 0.0323. The minimum atomic E-state index is -2.90. The smallest absolute Gasteiger partial charge is 0.134 e. The zero-order valence-electron chi connectivity index (χ0n) is 19.8. The number of hydrogen-bond acceptors (Lipinski definition) is 0. The molecule has 0 heterocycles. The topological polar surface area (TPSA) is 0 Å². The first-order chi connectivity index (χ1) is 18.3. The molecule has 7 heteroatoms. The molecule has 0 N–H and O–H groups in total. The molecule has 1 atom stereocenters. The van der Waals surface area contributed by atoms with Gasteiger partial charge in [-0.1, -0.05) is 46.9 Å². The van der Waals surface area contributed by atoms with Crippen LogP contribution in [0.4, 0.5) is 13.2 Å². The summed E-state index contributed by atoms with van der Waals surface area (Å²) in [4.78, 5) is 0. The normalized spacial score (nSPS) is 12.4. The van der Waals surface area contributed by atoms with E-state index in [1.54, 1.807) is 48.5 Å². The van der Waals surface area contributed by atoms with Crippen molar-refractivity contribution < 1.29 is 13.2 Å². The van der Waals surface area contributed by atoms with Gasteiger partial charge in [0.15, 0.2) is 0 Å². The monoisotopic (exact) mass is 585 g/mol. The summed E-state index contributed by atoms with van der Waals surface area (Å²) in [5, 5.41) is 4.26. The van der Waals surface area contributed by atoms with Gasteiger partial charge in [-0.2, -0.15) is 0 Å².